The molecule has 4 heterocycles. The topological polar surface area (TPSA) is 57.4 Å². The van der Waals surface area contributed by atoms with Crippen molar-refractivity contribution < 1.29 is 0 Å². The van der Waals surface area contributed by atoms with E-state index in [1.165, 1.54) is 55.0 Å². The van der Waals surface area contributed by atoms with Crippen LogP contribution < -0.4 is 0 Å². The van der Waals surface area contributed by atoms with Gasteiger partial charge in [-0.05, 0) is 37.1 Å². The molecule has 0 spiro atoms. The molecule has 4 heteroatoms. The van der Waals surface area contributed by atoms with Gasteiger partial charge < -0.3 is 9.97 Å². The average Bonchev–Trinajstić information content (AvgIpc) is 3.33. The lowest BCUT2D eigenvalue weighted by atomic mass is 9.69. The van der Waals surface area contributed by atoms with Gasteiger partial charge in [0.1, 0.15) is 0 Å². The van der Waals surface area contributed by atoms with E-state index >= 15 is 0 Å². The number of rotatable bonds is 2. The largest absolute Gasteiger partial charge is 0.353 e. The van der Waals surface area contributed by atoms with Gasteiger partial charge in [-0.1, -0.05) is 36.4 Å². The second kappa shape index (κ2) is 5.92. The Morgan fingerprint density at radius 1 is 0.567 bits per heavy atom. The van der Waals surface area contributed by atoms with Crippen LogP contribution in [0.25, 0.3) is 43.6 Å². The summed E-state index contributed by atoms with van der Waals surface area (Å²) in [6.07, 6.45) is 6.21. The fourth-order valence-electron chi connectivity index (χ4n) is 5.31. The number of hydrogen-bond acceptors (Lipinski definition) is 2. The van der Waals surface area contributed by atoms with E-state index in [0.717, 1.165) is 12.8 Å². The Bertz CT molecular complexity index is 1450. The quantitative estimate of drug-likeness (QED) is 0.360. The van der Waals surface area contributed by atoms with Gasteiger partial charge in [-0.2, -0.15) is 0 Å². The summed E-state index contributed by atoms with van der Waals surface area (Å²) in [6, 6.07) is 21.3. The van der Waals surface area contributed by atoms with Crippen LogP contribution >= 0.6 is 0 Å². The summed E-state index contributed by atoms with van der Waals surface area (Å²) in [4.78, 5) is 17.0. The molecule has 30 heavy (non-hydrogen) atoms. The Morgan fingerprint density at radius 2 is 1.03 bits per heavy atom. The number of fused-ring (bicyclic) bond motifs is 6. The first-order valence-electron chi connectivity index (χ1n) is 10.6. The number of aromatic amines is 2. The molecule has 1 aliphatic carbocycles. The molecule has 4 aromatic heterocycles. The highest BCUT2D eigenvalue weighted by Crippen LogP contribution is 2.51. The first kappa shape index (κ1) is 16.2. The zero-order valence-corrected chi connectivity index (χ0v) is 16.4. The maximum Gasteiger partial charge on any atom is 0.0687 e. The summed E-state index contributed by atoms with van der Waals surface area (Å²) in [5, 5.41) is 5.06. The summed E-state index contributed by atoms with van der Waals surface area (Å²) < 4.78 is 0. The van der Waals surface area contributed by atoms with E-state index in [2.05, 4.69) is 70.6 Å². The molecule has 0 aliphatic heterocycles. The molecule has 0 amide bonds. The Labute approximate surface area is 173 Å². The minimum absolute atomic E-state index is 0.381. The van der Waals surface area contributed by atoms with Crippen LogP contribution in [0.15, 0.2) is 73.1 Å². The van der Waals surface area contributed by atoms with Gasteiger partial charge in [0.2, 0.25) is 0 Å². The second-order valence-corrected chi connectivity index (χ2v) is 8.37. The van der Waals surface area contributed by atoms with Gasteiger partial charge in [0.05, 0.1) is 22.4 Å². The van der Waals surface area contributed by atoms with Gasteiger partial charge in [0.15, 0.2) is 0 Å². The van der Waals surface area contributed by atoms with Crippen molar-refractivity contribution in [3.05, 3.63) is 84.4 Å². The number of benzene rings is 2. The smallest absolute Gasteiger partial charge is 0.0687 e. The van der Waals surface area contributed by atoms with Crippen molar-refractivity contribution in [2.45, 2.75) is 24.7 Å². The van der Waals surface area contributed by atoms with Crippen LogP contribution in [0.1, 0.15) is 36.1 Å². The molecule has 6 aromatic rings. The van der Waals surface area contributed by atoms with Crippen molar-refractivity contribution in [1.29, 1.82) is 0 Å². The lowest BCUT2D eigenvalue weighted by Gasteiger charge is -2.36. The van der Waals surface area contributed by atoms with Crippen LogP contribution in [0.3, 0.4) is 0 Å². The second-order valence-electron chi connectivity index (χ2n) is 8.37. The molecule has 144 valence electrons. The molecule has 2 N–H and O–H groups in total. The predicted octanol–water partition coefficient (Wildman–Crippen LogP) is 6.41. The molecule has 4 nitrogen and oxygen atoms in total. The molecular formula is C26H20N4. The van der Waals surface area contributed by atoms with Gasteiger partial charge in [-0.25, -0.2) is 0 Å². The zero-order valence-electron chi connectivity index (χ0n) is 16.4. The maximum absolute atomic E-state index is 4.85. The van der Waals surface area contributed by atoms with Gasteiger partial charge in [0, 0.05) is 56.8 Å². The van der Waals surface area contributed by atoms with Crippen molar-refractivity contribution in [2.75, 3.05) is 0 Å². The Hall–Kier alpha value is -3.66. The van der Waals surface area contributed by atoms with Crippen molar-refractivity contribution in [2.24, 2.45) is 0 Å². The van der Waals surface area contributed by atoms with E-state index in [9.17, 15) is 0 Å². The van der Waals surface area contributed by atoms with Crippen molar-refractivity contribution in [1.82, 2.24) is 19.9 Å². The molecule has 0 radical (unpaired) electrons. The number of para-hydroxylation sites is 2. The third-order valence-corrected chi connectivity index (χ3v) is 6.89. The fourth-order valence-corrected chi connectivity index (χ4v) is 5.31. The molecular weight excluding hydrogens is 368 g/mol. The molecule has 7 rings (SSSR count). The number of nitrogens with zero attached hydrogens (tertiary/aromatic N) is 2. The summed E-state index contributed by atoms with van der Waals surface area (Å²) in [5.74, 6) is 0.762. The van der Waals surface area contributed by atoms with Crippen molar-refractivity contribution in [3.8, 4) is 0 Å². The number of hydrogen-bond donors (Lipinski definition) is 2. The lowest BCUT2D eigenvalue weighted by Crippen LogP contribution is -2.24. The Kier molecular flexibility index (Phi) is 3.19. The molecule has 1 saturated carbocycles. The molecule has 0 bridgehead atoms. The average molecular weight is 388 g/mol. The van der Waals surface area contributed by atoms with Gasteiger partial charge in [-0.3, -0.25) is 9.97 Å². The summed E-state index contributed by atoms with van der Waals surface area (Å²) >= 11 is 0. The number of H-pyrrole nitrogens is 2. The van der Waals surface area contributed by atoms with E-state index in [4.69, 9.17) is 9.97 Å². The number of nitrogens with one attached hydrogen (secondary N) is 2. The van der Waals surface area contributed by atoms with Gasteiger partial charge >= 0.3 is 0 Å². The monoisotopic (exact) mass is 388 g/mol. The van der Waals surface area contributed by atoms with E-state index in [0.29, 0.717) is 11.8 Å². The minimum Gasteiger partial charge on any atom is -0.353 e. The third-order valence-electron chi connectivity index (χ3n) is 6.89. The maximum atomic E-state index is 4.85. The van der Waals surface area contributed by atoms with Gasteiger partial charge in [-0.15, -0.1) is 0 Å². The Balaban J connectivity index is 1.40. The highest BCUT2D eigenvalue weighted by Gasteiger charge is 2.38. The predicted molar refractivity (Wildman–Crippen MR) is 122 cm³/mol. The van der Waals surface area contributed by atoms with E-state index in [1.54, 1.807) is 0 Å². The molecule has 2 aromatic carbocycles. The van der Waals surface area contributed by atoms with Crippen molar-refractivity contribution in [3.63, 3.8) is 0 Å². The Morgan fingerprint density at radius 3 is 1.50 bits per heavy atom. The fraction of sp³-hybridized carbons (Fsp3) is 0.154. The lowest BCUT2D eigenvalue weighted by molar-refractivity contribution is 0.337. The first-order valence-corrected chi connectivity index (χ1v) is 10.6. The zero-order chi connectivity index (χ0) is 19.7. The number of aromatic nitrogens is 4. The minimum atomic E-state index is 0.381. The van der Waals surface area contributed by atoms with E-state index in [-0.39, 0.29) is 0 Å². The first-order chi connectivity index (χ1) is 14.9. The van der Waals surface area contributed by atoms with Crippen LogP contribution in [0.2, 0.25) is 0 Å². The standard InChI is InChI=1S/C26H20N4/c1-3-7-21-15(5-1)19-11-13-27-23(25(19)29-21)17-9-10-18(17)24-26-20(12-14-28-24)16-6-2-4-8-22(16)30-26/h1-8,11-14,17-18,29-30H,9-10H2/t17-,18+. The third kappa shape index (κ3) is 2.11. The van der Waals surface area contributed by atoms with Crippen LogP contribution in [-0.4, -0.2) is 19.9 Å². The van der Waals surface area contributed by atoms with Crippen LogP contribution in [0.4, 0.5) is 0 Å². The summed E-state index contributed by atoms with van der Waals surface area (Å²) in [5.41, 5.74) is 7.06. The molecule has 1 fully saturated rings. The van der Waals surface area contributed by atoms with Crippen LogP contribution in [0.5, 0.6) is 0 Å². The van der Waals surface area contributed by atoms with Crippen LogP contribution in [-0.2, 0) is 0 Å². The normalized spacial score (nSPS) is 19.1. The molecule has 0 unspecified atom stereocenters. The summed E-state index contributed by atoms with van der Waals surface area (Å²) in [7, 11) is 0. The van der Waals surface area contributed by atoms with E-state index in [1.807, 2.05) is 12.4 Å². The SMILES string of the molecule is c1ccc2c(c1)[nH]c1c([C@H]3CC[C@H]3c3nccc4c3[nH]c3ccccc34)nccc12. The van der Waals surface area contributed by atoms with Crippen LogP contribution in [0, 0.1) is 0 Å². The van der Waals surface area contributed by atoms with Gasteiger partial charge in [0.25, 0.3) is 0 Å². The highest BCUT2D eigenvalue weighted by molar-refractivity contribution is 6.09. The number of pyridine rings is 2. The molecule has 2 atom stereocenters. The molecule has 1 aliphatic rings. The highest BCUT2D eigenvalue weighted by atomic mass is 14.8. The molecule has 0 saturated heterocycles. The van der Waals surface area contributed by atoms with E-state index < -0.39 is 0 Å². The summed E-state index contributed by atoms with van der Waals surface area (Å²) in [6.45, 7) is 0. The van der Waals surface area contributed by atoms with Crippen molar-refractivity contribution >= 4 is 43.6 Å².